The quantitative estimate of drug-likeness (QED) is 0.133. The number of benzene rings is 1. The van der Waals surface area contributed by atoms with E-state index in [1.54, 1.807) is 28.0 Å². The minimum absolute atomic E-state index is 0.0861. The summed E-state index contributed by atoms with van der Waals surface area (Å²) in [6.07, 6.45) is 10.6. The summed E-state index contributed by atoms with van der Waals surface area (Å²) < 4.78 is 7.36. The molecule has 3 fully saturated rings. The van der Waals surface area contributed by atoms with Crippen molar-refractivity contribution in [1.29, 1.82) is 0 Å². The second-order valence-corrected chi connectivity index (χ2v) is 15.4. The third-order valence-electron chi connectivity index (χ3n) is 11.4. The van der Waals surface area contributed by atoms with Crippen molar-refractivity contribution in [3.05, 3.63) is 77.2 Å². The van der Waals surface area contributed by atoms with Gasteiger partial charge < -0.3 is 35.4 Å². The number of hydrogen-bond donors (Lipinski definition) is 4. The number of aryl methyl sites for hydroxylation is 2. The van der Waals surface area contributed by atoms with Crippen LogP contribution in [0.5, 0.6) is 0 Å². The van der Waals surface area contributed by atoms with Gasteiger partial charge >= 0.3 is 6.03 Å². The second-order valence-electron chi connectivity index (χ2n) is 15.4. The van der Waals surface area contributed by atoms with Gasteiger partial charge in [0.1, 0.15) is 11.9 Å². The number of aromatic nitrogens is 6. The zero-order valence-electron chi connectivity index (χ0n) is 31.9. The van der Waals surface area contributed by atoms with Crippen LogP contribution in [-0.4, -0.2) is 107 Å². The van der Waals surface area contributed by atoms with Gasteiger partial charge in [-0.05, 0) is 81.0 Å². The number of nitrogens with one attached hydrogen (secondary N) is 3. The summed E-state index contributed by atoms with van der Waals surface area (Å²) in [6.45, 7) is 7.13. The molecule has 0 radical (unpaired) electrons. The van der Waals surface area contributed by atoms with Crippen LogP contribution in [0.1, 0.15) is 83.9 Å². The molecule has 4 amide bonds. The Labute approximate surface area is 328 Å². The number of hydrogen-bond acceptors (Lipinski definition) is 12. The van der Waals surface area contributed by atoms with Crippen molar-refractivity contribution < 1.29 is 24.0 Å². The van der Waals surface area contributed by atoms with E-state index in [0.717, 1.165) is 93.0 Å². The molecule has 0 spiro atoms. The van der Waals surface area contributed by atoms with E-state index in [0.29, 0.717) is 66.1 Å². The highest BCUT2D eigenvalue weighted by Gasteiger charge is 2.39. The van der Waals surface area contributed by atoms with E-state index in [4.69, 9.17) is 4.52 Å². The Morgan fingerprint density at radius 3 is 2.67 bits per heavy atom. The number of piperidine rings is 1. The van der Waals surface area contributed by atoms with Gasteiger partial charge in [0.15, 0.2) is 5.65 Å². The number of pyridine rings is 1. The topological polar surface area (TPSA) is 199 Å². The van der Waals surface area contributed by atoms with Gasteiger partial charge in [0.25, 0.3) is 5.91 Å². The molecule has 4 aliphatic rings. The molecule has 2 atom stereocenters. The average molecular weight is 775 g/mol. The van der Waals surface area contributed by atoms with Crippen LogP contribution in [-0.2, 0) is 17.8 Å². The Bertz CT molecular complexity index is 2310. The molecule has 2 saturated heterocycles. The van der Waals surface area contributed by atoms with Gasteiger partial charge in [0.2, 0.25) is 17.6 Å². The normalized spacial score (nSPS) is 19.9. The first kappa shape index (κ1) is 36.7. The summed E-state index contributed by atoms with van der Waals surface area (Å²) in [6, 6.07) is 8.92. The smallest absolute Gasteiger partial charge is 0.323 e. The fraction of sp³-hybridized carbons (Fsp3) is 0.450. The molecule has 57 heavy (non-hydrogen) atoms. The molecule has 4 aromatic heterocycles. The number of amides is 4. The molecule has 17 heteroatoms. The number of fused-ring (bicyclic) bond motifs is 2. The third kappa shape index (κ3) is 7.76. The molecule has 7 heterocycles. The van der Waals surface area contributed by atoms with Crippen LogP contribution in [0.3, 0.4) is 0 Å². The lowest BCUT2D eigenvalue weighted by atomic mass is 10.0. The monoisotopic (exact) mass is 774 g/mol. The maximum atomic E-state index is 13.1. The molecular formula is C40H46N12O5. The summed E-state index contributed by atoms with van der Waals surface area (Å²) in [7, 11) is 0. The lowest BCUT2D eigenvalue weighted by Crippen LogP contribution is -2.55. The molecule has 1 saturated carbocycles. The maximum Gasteiger partial charge on any atom is 0.323 e. The molecule has 4 N–H and O–H groups in total. The van der Waals surface area contributed by atoms with E-state index in [2.05, 4.69) is 57.0 Å². The van der Waals surface area contributed by atoms with E-state index in [9.17, 15) is 19.5 Å². The molecule has 5 aromatic rings. The van der Waals surface area contributed by atoms with E-state index in [1.807, 2.05) is 31.2 Å². The van der Waals surface area contributed by atoms with Crippen LogP contribution in [0, 0.1) is 6.92 Å². The Kier molecular flexibility index (Phi) is 10.00. The zero-order valence-corrected chi connectivity index (χ0v) is 31.9. The number of nitrogens with zero attached hydrogens (tertiary/aromatic N) is 9. The van der Waals surface area contributed by atoms with E-state index >= 15 is 0 Å². The summed E-state index contributed by atoms with van der Waals surface area (Å²) in [5, 5.41) is 27.3. The average Bonchev–Trinajstić information content (AvgIpc) is 3.57. The predicted molar refractivity (Wildman–Crippen MR) is 210 cm³/mol. The van der Waals surface area contributed by atoms with Gasteiger partial charge in [-0.1, -0.05) is 11.6 Å². The van der Waals surface area contributed by atoms with Gasteiger partial charge in [0, 0.05) is 68.8 Å². The van der Waals surface area contributed by atoms with Crippen molar-refractivity contribution in [2.75, 3.05) is 48.3 Å². The summed E-state index contributed by atoms with van der Waals surface area (Å²) in [5.74, 6) is 1.09. The summed E-state index contributed by atoms with van der Waals surface area (Å²) >= 11 is 0. The Morgan fingerprint density at radius 1 is 1.00 bits per heavy atom. The van der Waals surface area contributed by atoms with Crippen molar-refractivity contribution in [2.45, 2.75) is 83.0 Å². The van der Waals surface area contributed by atoms with Gasteiger partial charge in [-0.2, -0.15) is 10.1 Å². The number of carbonyl (C=O) groups is 3. The first-order chi connectivity index (χ1) is 27.8. The van der Waals surface area contributed by atoms with Crippen LogP contribution >= 0.6 is 0 Å². The van der Waals surface area contributed by atoms with Crippen LogP contribution in [0.4, 0.5) is 21.9 Å². The lowest BCUT2D eigenvalue weighted by Gasteiger charge is -2.36. The lowest BCUT2D eigenvalue weighted by molar-refractivity contribution is -0.129. The Balaban J connectivity index is 0.701. The standard InChI is InChI=1S/C40H46N12O5/c1-24-19-27(44-40(56)45-30-22-41-32-12-13-43-52(32)36(30)25-6-7-25)21-42-35(24)37-47-34(57-48-37)5-3-2-4-14-49-15-17-50(18-16-49)28-8-9-29-26(20-28)23-51(39(29)55)31-10-11-33(53)46-38(31)54/h8-9,12-13,19-22,25,31,38,54H,2-7,10-11,14-18,23H2,1H3,(H,46,53)(H2,44,45,56). The Morgan fingerprint density at radius 2 is 1.86 bits per heavy atom. The number of aliphatic hydroxyl groups excluding tert-OH is 1. The minimum Gasteiger partial charge on any atom is -0.372 e. The van der Waals surface area contributed by atoms with Crippen molar-refractivity contribution in [2.24, 2.45) is 0 Å². The molecule has 3 aliphatic heterocycles. The van der Waals surface area contributed by atoms with Gasteiger partial charge in [0.05, 0.1) is 41.7 Å². The van der Waals surface area contributed by atoms with Crippen molar-refractivity contribution >= 4 is 40.6 Å². The van der Waals surface area contributed by atoms with Gasteiger partial charge in [-0.15, -0.1) is 0 Å². The van der Waals surface area contributed by atoms with Crippen LogP contribution in [0.2, 0.25) is 0 Å². The van der Waals surface area contributed by atoms with Crippen molar-refractivity contribution in [1.82, 2.24) is 44.8 Å². The molecule has 1 aliphatic carbocycles. The number of piperazine rings is 1. The fourth-order valence-corrected chi connectivity index (χ4v) is 8.26. The summed E-state index contributed by atoms with van der Waals surface area (Å²) in [4.78, 5) is 57.9. The maximum absolute atomic E-state index is 13.1. The number of rotatable bonds is 12. The molecule has 9 rings (SSSR count). The molecule has 0 bridgehead atoms. The van der Waals surface area contributed by atoms with Crippen LogP contribution in [0.25, 0.3) is 17.2 Å². The van der Waals surface area contributed by atoms with Crippen LogP contribution in [0.15, 0.2) is 53.4 Å². The number of urea groups is 1. The number of aliphatic hydroxyl groups is 1. The first-order valence-corrected chi connectivity index (χ1v) is 19.9. The fourth-order valence-electron chi connectivity index (χ4n) is 8.26. The first-order valence-electron chi connectivity index (χ1n) is 19.9. The van der Waals surface area contributed by atoms with Crippen molar-refractivity contribution in [3.63, 3.8) is 0 Å². The molecular weight excluding hydrogens is 729 g/mol. The molecule has 17 nitrogen and oxygen atoms in total. The Hall–Kier alpha value is -5.94. The highest BCUT2D eigenvalue weighted by atomic mass is 16.5. The second kappa shape index (κ2) is 15.5. The summed E-state index contributed by atoms with van der Waals surface area (Å²) in [5.41, 5.74) is 7.08. The number of unbranched alkanes of at least 4 members (excludes halogenated alkanes) is 2. The number of carbonyl (C=O) groups excluding carboxylic acids is 3. The largest absolute Gasteiger partial charge is 0.372 e. The van der Waals surface area contributed by atoms with Gasteiger partial charge in [-0.25, -0.2) is 14.3 Å². The van der Waals surface area contributed by atoms with E-state index < -0.39 is 12.3 Å². The van der Waals surface area contributed by atoms with Crippen molar-refractivity contribution in [3.8, 4) is 11.5 Å². The molecule has 2 unspecified atom stereocenters. The van der Waals surface area contributed by atoms with E-state index in [-0.39, 0.29) is 17.8 Å². The highest BCUT2D eigenvalue weighted by Crippen LogP contribution is 2.43. The predicted octanol–water partition coefficient (Wildman–Crippen LogP) is 4.09. The highest BCUT2D eigenvalue weighted by molar-refractivity contribution is 6.00. The van der Waals surface area contributed by atoms with Crippen LogP contribution < -0.4 is 20.9 Å². The SMILES string of the molecule is Cc1cc(NC(=O)Nc2cnc3ccnn3c2C2CC2)cnc1-c1noc(CCCCCN2CCN(c3ccc4c(c3)CN(C3CCC(=O)NC3O)C4=O)CC2)n1. The molecule has 1 aromatic carbocycles. The third-order valence-corrected chi connectivity index (χ3v) is 11.4. The minimum atomic E-state index is -1.04. The number of anilines is 3. The van der Waals surface area contributed by atoms with Gasteiger partial charge in [-0.3, -0.25) is 19.5 Å². The van der Waals surface area contributed by atoms with E-state index in [1.165, 1.54) is 0 Å². The molecule has 296 valence electrons. The zero-order chi connectivity index (χ0) is 39.0.